The van der Waals surface area contributed by atoms with Crippen LogP contribution in [0.2, 0.25) is 0 Å². The average molecular weight is 620 g/mol. The van der Waals surface area contributed by atoms with Gasteiger partial charge in [0.25, 0.3) is 0 Å². The molecule has 3 saturated heterocycles. The molecule has 1 spiro atoms. The number of hydrogen-bond acceptors (Lipinski definition) is 6. The smallest absolute Gasteiger partial charge is 0.250 e. The summed E-state index contributed by atoms with van der Waals surface area (Å²) < 4.78 is 12.1. The second-order valence-electron chi connectivity index (χ2n) is 12.3. The summed E-state index contributed by atoms with van der Waals surface area (Å²) in [6.07, 6.45) is 0.840. The fourth-order valence-corrected chi connectivity index (χ4v) is 7.73. The minimum atomic E-state index is -1.20. The summed E-state index contributed by atoms with van der Waals surface area (Å²) in [5.41, 5.74) is 0.896. The van der Waals surface area contributed by atoms with Gasteiger partial charge in [-0.25, -0.2) is 0 Å². The molecule has 0 saturated carbocycles. The molecule has 7 rings (SSSR count). The van der Waals surface area contributed by atoms with Crippen LogP contribution in [0.1, 0.15) is 25.3 Å². The zero-order valence-corrected chi connectivity index (χ0v) is 25.6. The normalized spacial score (nSPS) is 25.3. The third-order valence-electron chi connectivity index (χ3n) is 9.66. The minimum absolute atomic E-state index is 0.326. The van der Waals surface area contributed by atoms with Crippen LogP contribution >= 0.6 is 0 Å². The number of rotatable bonds is 10. The standard InChI is InChI=1S/C37H37N3O6/c1-2-45-29-16-14-26(15-17-29)38-34(42)31-30-18-19-37(46-30)32(31)36(44)40(28(22-41)20-23-8-4-3-5-9-23)33(37)35(43)39-27-13-12-24-10-6-7-11-25(24)21-27/h3-17,21,28,30-33,41H,2,18-20,22H2,1H3,(H,38,42)(H,39,43)/t28-,30+,31-,32+,33?,37?/m1/s1. The van der Waals surface area contributed by atoms with E-state index in [0.29, 0.717) is 43.0 Å². The summed E-state index contributed by atoms with van der Waals surface area (Å²) in [5, 5.41) is 18.7. The maximum atomic E-state index is 14.5. The Balaban J connectivity index is 1.22. The van der Waals surface area contributed by atoms with Gasteiger partial charge in [0.15, 0.2) is 0 Å². The number of nitrogens with zero attached hydrogens (tertiary/aromatic N) is 1. The van der Waals surface area contributed by atoms with Gasteiger partial charge in [0.2, 0.25) is 17.7 Å². The van der Waals surface area contributed by atoms with Crippen LogP contribution in [0.15, 0.2) is 97.1 Å². The Morgan fingerprint density at radius 2 is 1.63 bits per heavy atom. The summed E-state index contributed by atoms with van der Waals surface area (Å²) in [6.45, 7) is 2.08. The van der Waals surface area contributed by atoms with Crippen molar-refractivity contribution in [2.75, 3.05) is 23.8 Å². The lowest BCUT2D eigenvalue weighted by Gasteiger charge is -2.36. The number of carbonyl (C=O) groups excluding carboxylic acids is 3. The number of aliphatic hydroxyl groups excluding tert-OH is 1. The van der Waals surface area contributed by atoms with E-state index in [1.54, 1.807) is 24.3 Å². The number of hydrogen-bond donors (Lipinski definition) is 3. The summed E-state index contributed by atoms with van der Waals surface area (Å²) in [6, 6.07) is 28.5. The first-order valence-corrected chi connectivity index (χ1v) is 15.9. The SMILES string of the molecule is CCOc1ccc(NC(=O)[C@@H]2[C@@H]3CCC4(O3)C(C(=O)Nc3ccc5ccccc5c3)N([C@@H](CO)Cc3ccccc3)C(=O)[C@H]24)cc1. The highest BCUT2D eigenvalue weighted by Gasteiger charge is 2.75. The Kier molecular flexibility index (Phi) is 7.96. The van der Waals surface area contributed by atoms with Crippen LogP contribution in [0, 0.1) is 11.8 Å². The highest BCUT2D eigenvalue weighted by Crippen LogP contribution is 2.59. The number of amides is 3. The van der Waals surface area contributed by atoms with Crippen LogP contribution in [0.25, 0.3) is 10.8 Å². The first-order chi connectivity index (χ1) is 22.4. The molecule has 3 fully saturated rings. The van der Waals surface area contributed by atoms with Crippen LogP contribution in [0.5, 0.6) is 5.75 Å². The number of benzene rings is 4. The first kappa shape index (κ1) is 30.0. The number of carbonyl (C=O) groups is 3. The molecular weight excluding hydrogens is 582 g/mol. The van der Waals surface area contributed by atoms with Crippen LogP contribution in [0.4, 0.5) is 11.4 Å². The molecule has 4 aromatic carbocycles. The van der Waals surface area contributed by atoms with Crippen LogP contribution in [0.3, 0.4) is 0 Å². The zero-order valence-electron chi connectivity index (χ0n) is 25.6. The fraction of sp³-hybridized carbons (Fsp3) is 0.324. The molecular formula is C37H37N3O6. The van der Waals surface area contributed by atoms with E-state index in [1.165, 1.54) is 4.90 Å². The molecule has 3 aliphatic rings. The van der Waals surface area contributed by atoms with E-state index < -0.39 is 41.5 Å². The lowest BCUT2D eigenvalue weighted by atomic mass is 9.70. The topological polar surface area (TPSA) is 117 Å². The predicted molar refractivity (Wildman–Crippen MR) is 174 cm³/mol. The van der Waals surface area contributed by atoms with Crippen LogP contribution < -0.4 is 15.4 Å². The van der Waals surface area contributed by atoms with Crippen molar-refractivity contribution in [3.63, 3.8) is 0 Å². The number of fused-ring (bicyclic) bond motifs is 2. The molecule has 0 aliphatic carbocycles. The molecule has 0 radical (unpaired) electrons. The lowest BCUT2D eigenvalue weighted by Crippen LogP contribution is -2.56. The molecule has 3 N–H and O–H groups in total. The second kappa shape index (κ2) is 12.2. The number of nitrogens with one attached hydrogen (secondary N) is 2. The number of aliphatic hydroxyl groups is 1. The second-order valence-corrected chi connectivity index (χ2v) is 12.3. The van der Waals surface area contributed by atoms with Gasteiger partial charge in [-0.15, -0.1) is 0 Å². The maximum Gasteiger partial charge on any atom is 0.250 e. The number of anilines is 2. The van der Waals surface area contributed by atoms with Gasteiger partial charge in [0.1, 0.15) is 17.4 Å². The monoisotopic (exact) mass is 619 g/mol. The molecule has 6 atom stereocenters. The zero-order chi connectivity index (χ0) is 31.8. The average Bonchev–Trinajstić information content (AvgIpc) is 3.72. The highest BCUT2D eigenvalue weighted by molar-refractivity contribution is 6.05. The molecule has 4 aromatic rings. The third-order valence-corrected chi connectivity index (χ3v) is 9.66. The summed E-state index contributed by atoms with van der Waals surface area (Å²) in [4.78, 5) is 44.3. The molecule has 46 heavy (non-hydrogen) atoms. The van der Waals surface area contributed by atoms with E-state index in [2.05, 4.69) is 10.6 Å². The van der Waals surface area contributed by atoms with Gasteiger partial charge in [-0.05, 0) is 78.9 Å². The summed E-state index contributed by atoms with van der Waals surface area (Å²) in [7, 11) is 0. The van der Waals surface area contributed by atoms with Gasteiger partial charge >= 0.3 is 0 Å². The lowest BCUT2D eigenvalue weighted by molar-refractivity contribution is -0.143. The van der Waals surface area contributed by atoms with Gasteiger partial charge < -0.3 is 30.1 Å². The highest BCUT2D eigenvalue weighted by atomic mass is 16.5. The molecule has 3 aliphatic heterocycles. The molecule has 9 heteroatoms. The quantitative estimate of drug-likeness (QED) is 0.235. The Bertz CT molecular complexity index is 1760. The van der Waals surface area contributed by atoms with E-state index in [4.69, 9.17) is 9.47 Å². The Labute approximate surface area is 267 Å². The van der Waals surface area contributed by atoms with Gasteiger partial charge in [0, 0.05) is 11.4 Å². The fourth-order valence-electron chi connectivity index (χ4n) is 7.73. The van der Waals surface area contributed by atoms with Crippen molar-refractivity contribution in [2.45, 2.75) is 50.0 Å². The molecule has 3 amide bonds. The van der Waals surface area contributed by atoms with E-state index in [-0.39, 0.29) is 18.4 Å². The van der Waals surface area contributed by atoms with Crippen molar-refractivity contribution >= 4 is 39.9 Å². The van der Waals surface area contributed by atoms with Gasteiger partial charge in [0.05, 0.1) is 37.2 Å². The maximum absolute atomic E-state index is 14.5. The van der Waals surface area contributed by atoms with Crippen molar-refractivity contribution in [2.24, 2.45) is 11.8 Å². The third kappa shape index (κ3) is 5.19. The predicted octanol–water partition coefficient (Wildman–Crippen LogP) is 4.79. The number of ether oxygens (including phenoxy) is 2. The van der Waals surface area contributed by atoms with Crippen molar-refractivity contribution in [1.82, 2.24) is 4.90 Å². The Morgan fingerprint density at radius 1 is 0.935 bits per heavy atom. The summed E-state index contributed by atoms with van der Waals surface area (Å²) in [5.74, 6) is -2.03. The largest absolute Gasteiger partial charge is 0.494 e. The first-order valence-electron chi connectivity index (χ1n) is 15.9. The van der Waals surface area contributed by atoms with Crippen LogP contribution in [-0.4, -0.2) is 64.7 Å². The molecule has 3 heterocycles. The van der Waals surface area contributed by atoms with E-state index in [9.17, 15) is 19.5 Å². The molecule has 236 valence electrons. The van der Waals surface area contributed by atoms with Crippen molar-refractivity contribution in [1.29, 1.82) is 0 Å². The van der Waals surface area contributed by atoms with Gasteiger partial charge in [-0.1, -0.05) is 60.7 Å². The van der Waals surface area contributed by atoms with Crippen molar-refractivity contribution < 1.29 is 29.0 Å². The molecule has 0 aromatic heterocycles. The van der Waals surface area contributed by atoms with Gasteiger partial charge in [-0.3, -0.25) is 14.4 Å². The van der Waals surface area contributed by atoms with E-state index in [1.807, 2.05) is 79.7 Å². The van der Waals surface area contributed by atoms with E-state index >= 15 is 0 Å². The van der Waals surface area contributed by atoms with E-state index in [0.717, 1.165) is 16.3 Å². The Morgan fingerprint density at radius 3 is 2.37 bits per heavy atom. The summed E-state index contributed by atoms with van der Waals surface area (Å²) >= 11 is 0. The molecule has 2 unspecified atom stereocenters. The minimum Gasteiger partial charge on any atom is -0.494 e. The Hall–Kier alpha value is -4.73. The molecule has 2 bridgehead atoms. The van der Waals surface area contributed by atoms with Crippen molar-refractivity contribution in [3.8, 4) is 5.75 Å². The van der Waals surface area contributed by atoms with Crippen LogP contribution in [-0.2, 0) is 25.5 Å². The van der Waals surface area contributed by atoms with Crippen molar-refractivity contribution in [3.05, 3.63) is 103 Å². The molecule has 9 nitrogen and oxygen atoms in total. The number of likely N-dealkylation sites (tertiary alicyclic amines) is 1. The van der Waals surface area contributed by atoms with Gasteiger partial charge in [-0.2, -0.15) is 0 Å².